The summed E-state index contributed by atoms with van der Waals surface area (Å²) in [5.41, 5.74) is 0.706. The molecule has 126 valence electrons. The standard InChI is InChI=1S/C20H35OP/c1-14-4-7-18-19(2,3)20(18,12-14)21-10-8-17-15-5-6-16(17)13-22-11-9-15/h14-18,22H,4-13H2,1-3H3. The van der Waals surface area contributed by atoms with Crippen LogP contribution in [-0.2, 0) is 4.74 Å². The summed E-state index contributed by atoms with van der Waals surface area (Å²) in [5.74, 6) is 4.83. The fraction of sp³-hybridized carbons (Fsp3) is 1.00. The Hall–Kier alpha value is 0.390. The molecule has 22 heavy (non-hydrogen) atoms. The summed E-state index contributed by atoms with van der Waals surface area (Å²) in [5, 5.41) is 0. The molecule has 3 aliphatic carbocycles. The number of fused-ring (bicyclic) bond motifs is 3. The van der Waals surface area contributed by atoms with Gasteiger partial charge in [0.15, 0.2) is 0 Å². The van der Waals surface area contributed by atoms with Crippen molar-refractivity contribution in [3.63, 3.8) is 0 Å². The molecule has 0 aromatic carbocycles. The van der Waals surface area contributed by atoms with Crippen LogP contribution < -0.4 is 0 Å². The van der Waals surface area contributed by atoms with E-state index in [4.69, 9.17) is 4.74 Å². The lowest BCUT2D eigenvalue weighted by atomic mass is 9.86. The highest BCUT2D eigenvalue weighted by Crippen LogP contribution is 2.71. The van der Waals surface area contributed by atoms with E-state index in [1.54, 1.807) is 0 Å². The fourth-order valence-electron chi connectivity index (χ4n) is 6.62. The zero-order valence-corrected chi connectivity index (χ0v) is 15.9. The zero-order valence-electron chi connectivity index (χ0n) is 14.9. The van der Waals surface area contributed by atoms with Crippen LogP contribution in [0.15, 0.2) is 0 Å². The first-order valence-electron chi connectivity index (χ1n) is 9.89. The van der Waals surface area contributed by atoms with E-state index < -0.39 is 0 Å². The summed E-state index contributed by atoms with van der Waals surface area (Å²) in [7, 11) is 1.26. The van der Waals surface area contributed by atoms with Crippen LogP contribution in [0.4, 0.5) is 0 Å². The van der Waals surface area contributed by atoms with E-state index in [-0.39, 0.29) is 5.60 Å². The molecule has 0 radical (unpaired) electrons. The van der Waals surface area contributed by atoms with Gasteiger partial charge in [-0.15, -0.1) is 8.58 Å². The predicted molar refractivity (Wildman–Crippen MR) is 96.0 cm³/mol. The lowest BCUT2D eigenvalue weighted by molar-refractivity contribution is -0.0333. The Balaban J connectivity index is 1.35. The van der Waals surface area contributed by atoms with Crippen molar-refractivity contribution in [1.29, 1.82) is 0 Å². The molecule has 0 aromatic heterocycles. The largest absolute Gasteiger partial charge is 0.374 e. The number of rotatable bonds is 4. The van der Waals surface area contributed by atoms with Crippen molar-refractivity contribution in [2.45, 2.75) is 71.3 Å². The van der Waals surface area contributed by atoms with Crippen LogP contribution >= 0.6 is 8.58 Å². The van der Waals surface area contributed by atoms with Crippen molar-refractivity contribution in [1.82, 2.24) is 0 Å². The third-order valence-electron chi connectivity index (χ3n) is 8.07. The topological polar surface area (TPSA) is 9.23 Å². The number of hydrogen-bond donors (Lipinski definition) is 0. The van der Waals surface area contributed by atoms with Crippen LogP contribution in [0.25, 0.3) is 0 Å². The van der Waals surface area contributed by atoms with Crippen LogP contribution in [-0.4, -0.2) is 24.5 Å². The SMILES string of the molecule is CC1CCC2C(C)(C)C2(OCCC2C3CCPCC2CC3)C1. The molecule has 1 heterocycles. The van der Waals surface area contributed by atoms with Crippen molar-refractivity contribution < 1.29 is 4.74 Å². The number of hydrogen-bond acceptors (Lipinski definition) is 1. The van der Waals surface area contributed by atoms with Crippen molar-refractivity contribution in [2.24, 2.45) is 35.0 Å². The molecule has 0 aromatic rings. The van der Waals surface area contributed by atoms with Gasteiger partial charge in [0.2, 0.25) is 0 Å². The van der Waals surface area contributed by atoms with Gasteiger partial charge in [0, 0.05) is 6.61 Å². The molecule has 1 saturated heterocycles. The van der Waals surface area contributed by atoms with E-state index in [1.807, 2.05) is 0 Å². The van der Waals surface area contributed by atoms with Crippen LogP contribution in [0.3, 0.4) is 0 Å². The van der Waals surface area contributed by atoms with E-state index in [0.29, 0.717) is 5.41 Å². The maximum absolute atomic E-state index is 6.70. The van der Waals surface area contributed by atoms with Gasteiger partial charge in [0.1, 0.15) is 0 Å². The maximum atomic E-state index is 6.70. The molecule has 4 rings (SSSR count). The van der Waals surface area contributed by atoms with E-state index in [2.05, 4.69) is 20.8 Å². The predicted octanol–water partition coefficient (Wildman–Crippen LogP) is 5.33. The van der Waals surface area contributed by atoms with Gasteiger partial charge in [-0.1, -0.05) is 27.2 Å². The molecule has 4 aliphatic rings. The summed E-state index contributed by atoms with van der Waals surface area (Å²) in [6, 6.07) is 0. The molecule has 3 saturated carbocycles. The van der Waals surface area contributed by atoms with Gasteiger partial charge in [0.05, 0.1) is 5.60 Å². The minimum Gasteiger partial charge on any atom is -0.374 e. The molecule has 2 heteroatoms. The average Bonchev–Trinajstić information content (AvgIpc) is 2.76. The molecule has 0 N–H and O–H groups in total. The highest BCUT2D eigenvalue weighted by atomic mass is 31.1. The molecule has 2 bridgehead atoms. The third-order valence-corrected chi connectivity index (χ3v) is 9.53. The lowest BCUT2D eigenvalue weighted by Gasteiger charge is -2.30. The van der Waals surface area contributed by atoms with Gasteiger partial charge in [-0.05, 0) is 85.9 Å². The van der Waals surface area contributed by atoms with Gasteiger partial charge in [-0.25, -0.2) is 0 Å². The first kappa shape index (κ1) is 15.9. The van der Waals surface area contributed by atoms with Crippen LogP contribution in [0, 0.1) is 35.0 Å². The Morgan fingerprint density at radius 2 is 1.86 bits per heavy atom. The molecule has 4 fully saturated rings. The van der Waals surface area contributed by atoms with Gasteiger partial charge in [-0.2, -0.15) is 0 Å². The van der Waals surface area contributed by atoms with Gasteiger partial charge in [-0.3, -0.25) is 0 Å². The van der Waals surface area contributed by atoms with Gasteiger partial charge < -0.3 is 4.74 Å². The molecular formula is C20H35OP. The summed E-state index contributed by atoms with van der Waals surface area (Å²) in [6.45, 7) is 8.41. The Bertz CT molecular complexity index is 406. The van der Waals surface area contributed by atoms with Crippen LogP contribution in [0.5, 0.6) is 0 Å². The van der Waals surface area contributed by atoms with Crippen molar-refractivity contribution in [3.8, 4) is 0 Å². The average molecular weight is 322 g/mol. The van der Waals surface area contributed by atoms with Crippen LogP contribution in [0.1, 0.15) is 65.7 Å². The number of ether oxygens (including phenoxy) is 1. The molecule has 1 nitrogen and oxygen atoms in total. The van der Waals surface area contributed by atoms with Crippen molar-refractivity contribution in [2.75, 3.05) is 18.9 Å². The smallest absolute Gasteiger partial charge is 0.0773 e. The van der Waals surface area contributed by atoms with Gasteiger partial charge in [0.25, 0.3) is 0 Å². The second kappa shape index (κ2) is 5.73. The summed E-state index contributed by atoms with van der Waals surface area (Å²) >= 11 is 0. The van der Waals surface area contributed by atoms with Crippen molar-refractivity contribution >= 4 is 8.58 Å². The first-order valence-corrected chi connectivity index (χ1v) is 11.3. The molecule has 0 spiro atoms. The maximum Gasteiger partial charge on any atom is 0.0773 e. The van der Waals surface area contributed by atoms with E-state index in [1.165, 1.54) is 65.9 Å². The normalized spacial score (nSPS) is 50.6. The monoisotopic (exact) mass is 322 g/mol. The summed E-state index contributed by atoms with van der Waals surface area (Å²) in [6.07, 6.45) is 13.1. The Morgan fingerprint density at radius 1 is 1.05 bits per heavy atom. The summed E-state index contributed by atoms with van der Waals surface area (Å²) in [4.78, 5) is 0. The second-order valence-corrected chi connectivity index (χ2v) is 10.8. The van der Waals surface area contributed by atoms with Gasteiger partial charge >= 0.3 is 0 Å². The highest BCUT2D eigenvalue weighted by molar-refractivity contribution is 7.37. The third kappa shape index (κ3) is 2.41. The van der Waals surface area contributed by atoms with E-state index in [0.717, 1.165) is 36.2 Å². The van der Waals surface area contributed by atoms with E-state index in [9.17, 15) is 0 Å². The van der Waals surface area contributed by atoms with Crippen molar-refractivity contribution in [3.05, 3.63) is 0 Å². The Labute approximate surface area is 139 Å². The molecule has 7 atom stereocenters. The second-order valence-electron chi connectivity index (χ2n) is 9.44. The Kier molecular flexibility index (Phi) is 4.14. The Morgan fingerprint density at radius 3 is 2.73 bits per heavy atom. The molecule has 1 aliphatic heterocycles. The molecule has 7 unspecified atom stereocenters. The molecule has 0 amide bonds. The lowest BCUT2D eigenvalue weighted by Crippen LogP contribution is -2.29. The zero-order chi connectivity index (χ0) is 15.4. The minimum atomic E-state index is 0.260. The minimum absolute atomic E-state index is 0.260. The quantitative estimate of drug-likeness (QED) is 0.635. The first-order chi connectivity index (χ1) is 10.5. The fourth-order valence-corrected chi connectivity index (χ4v) is 8.27. The summed E-state index contributed by atoms with van der Waals surface area (Å²) < 4.78 is 6.70. The van der Waals surface area contributed by atoms with Crippen LogP contribution in [0.2, 0.25) is 0 Å². The van der Waals surface area contributed by atoms with E-state index >= 15 is 0 Å². The highest BCUT2D eigenvalue weighted by Gasteiger charge is 2.72. The molecular weight excluding hydrogens is 287 g/mol.